The fourth-order valence-electron chi connectivity index (χ4n) is 4.04. The Morgan fingerprint density at radius 2 is 1.79 bits per heavy atom. The van der Waals surface area contributed by atoms with Gasteiger partial charge >= 0.3 is 5.97 Å². The van der Waals surface area contributed by atoms with E-state index in [1.165, 1.54) is 17.8 Å². The van der Waals surface area contributed by atoms with Crippen LogP contribution >= 0.6 is 0 Å². The summed E-state index contributed by atoms with van der Waals surface area (Å²) in [4.78, 5) is 15.2. The summed E-state index contributed by atoms with van der Waals surface area (Å²) in [5, 5.41) is 0. The van der Waals surface area contributed by atoms with Crippen LogP contribution in [0.3, 0.4) is 0 Å². The van der Waals surface area contributed by atoms with Crippen molar-refractivity contribution >= 4 is 5.97 Å². The molecule has 29 heavy (non-hydrogen) atoms. The summed E-state index contributed by atoms with van der Waals surface area (Å²) in [6.07, 6.45) is 2.97. The Kier molecular flexibility index (Phi) is 6.47. The van der Waals surface area contributed by atoms with Crippen LogP contribution in [-0.4, -0.2) is 41.2 Å². The minimum Gasteiger partial charge on any atom is -0.456 e. The summed E-state index contributed by atoms with van der Waals surface area (Å²) in [6, 6.07) is 8.71. The van der Waals surface area contributed by atoms with Gasteiger partial charge in [0.2, 0.25) is 0 Å². The van der Waals surface area contributed by atoms with Crippen LogP contribution in [0, 0.1) is 12.7 Å². The molecule has 5 heteroatoms. The summed E-state index contributed by atoms with van der Waals surface area (Å²) < 4.78 is 21.1. The van der Waals surface area contributed by atoms with Gasteiger partial charge in [0.15, 0.2) is 0 Å². The maximum absolute atomic E-state index is 13.2. The first kappa shape index (κ1) is 21.6. The van der Waals surface area contributed by atoms with Crippen molar-refractivity contribution < 1.29 is 13.9 Å². The molecule has 2 heterocycles. The van der Waals surface area contributed by atoms with Crippen molar-refractivity contribution in [1.82, 2.24) is 9.47 Å². The monoisotopic (exact) mass is 400 g/mol. The SMILES string of the molecule is Cc1c(C(=O)OC(C)(C)C)cc(C2CCN(C)CC2)n1CCc1ccc(F)cc1. The number of carbonyl (C=O) groups excluding carboxylic acids is 1. The van der Waals surface area contributed by atoms with E-state index in [2.05, 4.69) is 16.5 Å². The molecule has 0 radical (unpaired) electrons. The van der Waals surface area contributed by atoms with Gasteiger partial charge in [-0.1, -0.05) is 12.1 Å². The van der Waals surface area contributed by atoms with Crippen LogP contribution in [-0.2, 0) is 17.7 Å². The first-order valence-corrected chi connectivity index (χ1v) is 10.5. The maximum Gasteiger partial charge on any atom is 0.340 e. The van der Waals surface area contributed by atoms with E-state index in [0.717, 1.165) is 50.2 Å². The number of benzene rings is 1. The van der Waals surface area contributed by atoms with Crippen molar-refractivity contribution in [3.8, 4) is 0 Å². The van der Waals surface area contributed by atoms with E-state index in [1.54, 1.807) is 0 Å². The first-order valence-electron chi connectivity index (χ1n) is 10.5. The number of piperidine rings is 1. The zero-order valence-corrected chi connectivity index (χ0v) is 18.3. The minimum absolute atomic E-state index is 0.217. The standard InChI is InChI=1S/C24H33FN2O2/c1-17-21(23(28)29-24(2,3)4)16-22(19-11-13-26(5)14-12-19)27(17)15-10-18-6-8-20(25)9-7-18/h6-9,16,19H,10-15H2,1-5H3. The zero-order valence-electron chi connectivity index (χ0n) is 18.3. The second-order valence-electron chi connectivity index (χ2n) is 9.18. The van der Waals surface area contributed by atoms with Crippen LogP contribution in [0.4, 0.5) is 4.39 Å². The fourth-order valence-corrected chi connectivity index (χ4v) is 4.04. The molecular formula is C24H33FN2O2. The number of likely N-dealkylation sites (tertiary alicyclic amines) is 1. The predicted molar refractivity (Wildman–Crippen MR) is 114 cm³/mol. The summed E-state index contributed by atoms with van der Waals surface area (Å²) in [6.45, 7) is 10.6. The molecule has 1 aromatic carbocycles. The molecule has 158 valence electrons. The van der Waals surface area contributed by atoms with E-state index in [9.17, 15) is 9.18 Å². The Morgan fingerprint density at radius 3 is 2.38 bits per heavy atom. The van der Waals surface area contributed by atoms with Gasteiger partial charge in [0, 0.05) is 23.9 Å². The smallest absolute Gasteiger partial charge is 0.340 e. The lowest BCUT2D eigenvalue weighted by molar-refractivity contribution is 0.00686. The molecule has 0 N–H and O–H groups in total. The maximum atomic E-state index is 13.2. The van der Waals surface area contributed by atoms with E-state index in [1.807, 2.05) is 45.9 Å². The molecule has 0 amide bonds. The quantitative estimate of drug-likeness (QED) is 0.667. The van der Waals surface area contributed by atoms with Gasteiger partial charge in [0.05, 0.1) is 5.56 Å². The van der Waals surface area contributed by atoms with Crippen molar-refractivity contribution in [2.75, 3.05) is 20.1 Å². The van der Waals surface area contributed by atoms with E-state index >= 15 is 0 Å². The van der Waals surface area contributed by atoms with Gasteiger partial charge in [-0.2, -0.15) is 0 Å². The lowest BCUT2D eigenvalue weighted by Crippen LogP contribution is -2.30. The number of rotatable bonds is 5. The third-order valence-corrected chi connectivity index (χ3v) is 5.69. The summed E-state index contributed by atoms with van der Waals surface area (Å²) >= 11 is 0. The molecule has 0 aliphatic carbocycles. The molecule has 1 aliphatic heterocycles. The number of ether oxygens (including phenoxy) is 1. The summed E-state index contributed by atoms with van der Waals surface area (Å²) in [5.41, 5.74) is 3.41. The molecule has 1 fully saturated rings. The van der Waals surface area contributed by atoms with Crippen molar-refractivity contribution in [3.05, 3.63) is 58.7 Å². The van der Waals surface area contributed by atoms with Crippen LogP contribution in [0.5, 0.6) is 0 Å². The predicted octanol–water partition coefficient (Wildman–Crippen LogP) is 4.94. The largest absolute Gasteiger partial charge is 0.456 e. The van der Waals surface area contributed by atoms with Crippen LogP contribution in [0.2, 0.25) is 0 Å². The highest BCUT2D eigenvalue weighted by atomic mass is 19.1. The highest BCUT2D eigenvalue weighted by molar-refractivity contribution is 5.91. The van der Waals surface area contributed by atoms with Gasteiger partial charge in [-0.25, -0.2) is 9.18 Å². The second-order valence-corrected chi connectivity index (χ2v) is 9.18. The Morgan fingerprint density at radius 1 is 1.17 bits per heavy atom. The molecule has 0 atom stereocenters. The molecule has 4 nitrogen and oxygen atoms in total. The van der Waals surface area contributed by atoms with E-state index in [0.29, 0.717) is 11.5 Å². The van der Waals surface area contributed by atoms with Gasteiger partial charge in [0.1, 0.15) is 11.4 Å². The summed E-state index contributed by atoms with van der Waals surface area (Å²) in [7, 11) is 2.15. The average Bonchev–Trinajstić information content (AvgIpc) is 2.97. The molecule has 1 saturated heterocycles. The first-order chi connectivity index (χ1) is 13.6. The molecular weight excluding hydrogens is 367 g/mol. The summed E-state index contributed by atoms with van der Waals surface area (Å²) in [5.74, 6) is -0.0378. The molecule has 0 saturated carbocycles. The lowest BCUT2D eigenvalue weighted by atomic mass is 9.93. The van der Waals surface area contributed by atoms with Gasteiger partial charge in [-0.3, -0.25) is 0 Å². The molecule has 3 rings (SSSR count). The van der Waals surface area contributed by atoms with Gasteiger partial charge in [-0.15, -0.1) is 0 Å². The van der Waals surface area contributed by atoms with Crippen molar-refractivity contribution in [2.24, 2.45) is 0 Å². The Labute approximate surface area is 173 Å². The lowest BCUT2D eigenvalue weighted by Gasteiger charge is -2.30. The molecule has 0 unspecified atom stereocenters. The second kappa shape index (κ2) is 8.70. The van der Waals surface area contributed by atoms with Crippen molar-refractivity contribution in [1.29, 1.82) is 0 Å². The van der Waals surface area contributed by atoms with E-state index in [-0.39, 0.29) is 11.8 Å². The number of hydrogen-bond donors (Lipinski definition) is 0. The normalized spacial score (nSPS) is 16.2. The molecule has 0 bridgehead atoms. The number of aryl methyl sites for hydroxylation is 1. The Balaban J connectivity index is 1.88. The van der Waals surface area contributed by atoms with Crippen LogP contribution < -0.4 is 0 Å². The molecule has 0 spiro atoms. The van der Waals surface area contributed by atoms with Gasteiger partial charge in [-0.05, 0) is 90.9 Å². The Hall–Kier alpha value is -2.14. The number of hydrogen-bond acceptors (Lipinski definition) is 3. The number of nitrogens with zero attached hydrogens (tertiary/aromatic N) is 2. The number of esters is 1. The van der Waals surface area contributed by atoms with Crippen LogP contribution in [0.1, 0.15) is 66.8 Å². The minimum atomic E-state index is -0.520. The van der Waals surface area contributed by atoms with Gasteiger partial charge < -0.3 is 14.2 Å². The topological polar surface area (TPSA) is 34.5 Å². The van der Waals surface area contributed by atoms with Crippen molar-refractivity contribution in [2.45, 2.75) is 65.0 Å². The fraction of sp³-hybridized carbons (Fsp3) is 0.542. The molecule has 1 aliphatic rings. The third kappa shape index (κ3) is 5.47. The Bertz CT molecular complexity index is 841. The van der Waals surface area contributed by atoms with Gasteiger partial charge in [0.25, 0.3) is 0 Å². The zero-order chi connectivity index (χ0) is 21.2. The highest BCUT2D eigenvalue weighted by Crippen LogP contribution is 2.32. The van der Waals surface area contributed by atoms with E-state index in [4.69, 9.17) is 4.74 Å². The van der Waals surface area contributed by atoms with E-state index < -0.39 is 5.60 Å². The molecule has 1 aromatic heterocycles. The number of halogens is 1. The number of aromatic nitrogens is 1. The number of carbonyl (C=O) groups is 1. The average molecular weight is 401 g/mol. The third-order valence-electron chi connectivity index (χ3n) is 5.69. The highest BCUT2D eigenvalue weighted by Gasteiger charge is 2.27. The van der Waals surface area contributed by atoms with Crippen molar-refractivity contribution in [3.63, 3.8) is 0 Å². The van der Waals surface area contributed by atoms with Crippen LogP contribution in [0.15, 0.2) is 30.3 Å². The van der Waals surface area contributed by atoms with Crippen LogP contribution in [0.25, 0.3) is 0 Å². The molecule has 2 aromatic rings.